The molecule has 100 valence electrons. The lowest BCUT2D eigenvalue weighted by Gasteiger charge is -2.14. The highest BCUT2D eigenvalue weighted by atomic mass is 32.1. The number of aromatic nitrogens is 1. The van der Waals surface area contributed by atoms with E-state index in [9.17, 15) is 4.79 Å². The maximum absolute atomic E-state index is 12.3. The molecule has 1 amide bonds. The Balaban J connectivity index is 2.17. The molecule has 0 unspecified atom stereocenters. The van der Waals surface area contributed by atoms with Gasteiger partial charge < -0.3 is 15.4 Å². The second-order valence-corrected chi connectivity index (χ2v) is 5.68. The average Bonchev–Trinajstić information content (AvgIpc) is 2.94. The number of ether oxygens (including phenoxy) is 1. The Labute approximate surface area is 111 Å². The van der Waals surface area contributed by atoms with Crippen LogP contribution in [0, 0.1) is 6.92 Å². The Morgan fingerprint density at radius 3 is 2.94 bits per heavy atom. The van der Waals surface area contributed by atoms with Gasteiger partial charge in [0, 0.05) is 26.2 Å². The molecule has 1 aliphatic rings. The number of methoxy groups -OCH3 is 1. The summed E-state index contributed by atoms with van der Waals surface area (Å²) < 4.78 is 5.23. The molecule has 6 heteroatoms. The third kappa shape index (κ3) is 2.55. The van der Waals surface area contributed by atoms with Gasteiger partial charge in [-0.2, -0.15) is 0 Å². The summed E-state index contributed by atoms with van der Waals surface area (Å²) in [6.07, 6.45) is 0.807. The van der Waals surface area contributed by atoms with Gasteiger partial charge in [0.1, 0.15) is 16.0 Å². The van der Waals surface area contributed by atoms with Gasteiger partial charge >= 0.3 is 0 Å². The third-order valence-electron chi connectivity index (χ3n) is 3.22. The van der Waals surface area contributed by atoms with Crippen molar-refractivity contribution in [2.45, 2.75) is 32.4 Å². The van der Waals surface area contributed by atoms with E-state index in [1.54, 1.807) is 7.11 Å². The van der Waals surface area contributed by atoms with Crippen molar-refractivity contribution in [2.24, 2.45) is 5.73 Å². The van der Waals surface area contributed by atoms with Crippen molar-refractivity contribution in [2.75, 3.05) is 20.2 Å². The van der Waals surface area contributed by atoms with E-state index in [1.807, 2.05) is 18.7 Å². The number of hydrogen-bond acceptors (Lipinski definition) is 5. The second kappa shape index (κ2) is 5.34. The van der Waals surface area contributed by atoms with E-state index in [0.29, 0.717) is 11.4 Å². The zero-order valence-corrected chi connectivity index (χ0v) is 11.8. The lowest BCUT2D eigenvalue weighted by Crippen LogP contribution is -2.31. The van der Waals surface area contributed by atoms with Crippen molar-refractivity contribution in [3.63, 3.8) is 0 Å². The number of rotatable bonds is 3. The molecular weight excluding hydrogens is 250 g/mol. The highest BCUT2D eigenvalue weighted by Gasteiger charge is 2.28. The highest BCUT2D eigenvalue weighted by molar-refractivity contribution is 7.13. The topological polar surface area (TPSA) is 68.5 Å². The van der Waals surface area contributed by atoms with Gasteiger partial charge in [-0.15, -0.1) is 11.3 Å². The second-order valence-electron chi connectivity index (χ2n) is 4.64. The number of thiazole rings is 1. The van der Waals surface area contributed by atoms with Gasteiger partial charge in [0.2, 0.25) is 0 Å². The van der Waals surface area contributed by atoms with Crippen LogP contribution in [0.2, 0.25) is 0 Å². The van der Waals surface area contributed by atoms with Crippen molar-refractivity contribution in [3.05, 3.63) is 15.6 Å². The molecule has 0 radical (unpaired) electrons. The van der Waals surface area contributed by atoms with Gasteiger partial charge in [-0.3, -0.25) is 4.79 Å². The van der Waals surface area contributed by atoms with E-state index in [0.717, 1.165) is 23.7 Å². The Hall–Kier alpha value is -0.980. The van der Waals surface area contributed by atoms with Crippen molar-refractivity contribution in [3.8, 4) is 0 Å². The van der Waals surface area contributed by atoms with Crippen molar-refractivity contribution < 1.29 is 9.53 Å². The quantitative estimate of drug-likeness (QED) is 0.899. The van der Waals surface area contributed by atoms with E-state index in [-0.39, 0.29) is 18.1 Å². The molecule has 2 heterocycles. The monoisotopic (exact) mass is 269 g/mol. The molecule has 5 nitrogen and oxygen atoms in total. The summed E-state index contributed by atoms with van der Waals surface area (Å²) in [7, 11) is 1.64. The van der Waals surface area contributed by atoms with Gasteiger partial charge in [-0.1, -0.05) is 0 Å². The average molecular weight is 269 g/mol. The van der Waals surface area contributed by atoms with Crippen LogP contribution in [0.15, 0.2) is 0 Å². The van der Waals surface area contributed by atoms with Crippen molar-refractivity contribution in [1.82, 2.24) is 9.88 Å². The molecule has 1 saturated heterocycles. The van der Waals surface area contributed by atoms with Gasteiger partial charge in [-0.05, 0) is 20.3 Å². The summed E-state index contributed by atoms with van der Waals surface area (Å²) >= 11 is 1.42. The first-order chi connectivity index (χ1) is 8.52. The SMILES string of the molecule is CO[C@@H](C)c1nc(C)c(C(=O)N2CC[C@H](N)C2)s1. The Bertz CT molecular complexity index is 447. The number of amides is 1. The third-order valence-corrected chi connectivity index (χ3v) is 4.53. The van der Waals surface area contributed by atoms with Crippen LogP contribution < -0.4 is 5.73 Å². The molecule has 0 aromatic carbocycles. The molecule has 0 bridgehead atoms. The molecular formula is C12H19N3O2S. The molecule has 1 aliphatic heterocycles. The smallest absolute Gasteiger partial charge is 0.265 e. The summed E-state index contributed by atoms with van der Waals surface area (Å²) in [5, 5.41) is 0.849. The highest BCUT2D eigenvalue weighted by Crippen LogP contribution is 2.27. The van der Waals surface area contributed by atoms with Crippen LogP contribution in [-0.4, -0.2) is 42.0 Å². The van der Waals surface area contributed by atoms with Gasteiger partial charge in [0.05, 0.1) is 5.69 Å². The summed E-state index contributed by atoms with van der Waals surface area (Å²) in [5.41, 5.74) is 6.61. The fraction of sp³-hybridized carbons (Fsp3) is 0.667. The Kier molecular flexibility index (Phi) is 3.99. The molecule has 0 spiro atoms. The van der Waals surface area contributed by atoms with Crippen LogP contribution >= 0.6 is 11.3 Å². The Morgan fingerprint density at radius 2 is 2.39 bits per heavy atom. The normalized spacial score (nSPS) is 21.3. The van der Waals surface area contributed by atoms with E-state index in [1.165, 1.54) is 11.3 Å². The van der Waals surface area contributed by atoms with Gasteiger partial charge in [0.15, 0.2) is 0 Å². The number of nitrogens with zero attached hydrogens (tertiary/aromatic N) is 2. The first-order valence-electron chi connectivity index (χ1n) is 6.08. The van der Waals surface area contributed by atoms with Crippen molar-refractivity contribution >= 4 is 17.2 Å². The molecule has 2 N–H and O–H groups in total. The molecule has 2 atom stereocenters. The number of carbonyl (C=O) groups excluding carboxylic acids is 1. The fourth-order valence-electron chi connectivity index (χ4n) is 2.01. The first kappa shape index (κ1) is 13.5. The predicted molar refractivity (Wildman–Crippen MR) is 70.8 cm³/mol. The minimum atomic E-state index is -0.0731. The lowest BCUT2D eigenvalue weighted by atomic mass is 10.3. The molecule has 1 fully saturated rings. The Morgan fingerprint density at radius 1 is 1.67 bits per heavy atom. The van der Waals surface area contributed by atoms with Crippen LogP contribution in [0.1, 0.15) is 39.8 Å². The van der Waals surface area contributed by atoms with Gasteiger partial charge in [0.25, 0.3) is 5.91 Å². The number of aryl methyl sites for hydroxylation is 1. The summed E-state index contributed by atoms with van der Waals surface area (Å²) in [5.74, 6) is 0.0486. The van der Waals surface area contributed by atoms with E-state index in [4.69, 9.17) is 10.5 Å². The maximum Gasteiger partial charge on any atom is 0.265 e. The number of nitrogens with two attached hydrogens (primary N) is 1. The minimum absolute atomic E-state index is 0.0486. The standard InChI is InChI=1S/C12H19N3O2S/c1-7-10(18-11(14-7)8(2)17-3)12(16)15-5-4-9(13)6-15/h8-9H,4-6,13H2,1-3H3/t8-,9-/m0/s1. The van der Waals surface area contributed by atoms with Crippen LogP contribution in [0.3, 0.4) is 0 Å². The van der Waals surface area contributed by atoms with Crippen LogP contribution in [0.4, 0.5) is 0 Å². The van der Waals surface area contributed by atoms with E-state index in [2.05, 4.69) is 4.98 Å². The zero-order chi connectivity index (χ0) is 13.3. The molecule has 1 aromatic rings. The summed E-state index contributed by atoms with van der Waals surface area (Å²) in [6, 6.07) is 0.111. The first-order valence-corrected chi connectivity index (χ1v) is 6.89. The zero-order valence-electron chi connectivity index (χ0n) is 11.0. The molecule has 2 rings (SSSR count). The molecule has 18 heavy (non-hydrogen) atoms. The largest absolute Gasteiger partial charge is 0.375 e. The van der Waals surface area contributed by atoms with Crippen LogP contribution in [0.25, 0.3) is 0 Å². The molecule has 0 aliphatic carbocycles. The van der Waals surface area contributed by atoms with Crippen LogP contribution in [-0.2, 0) is 4.74 Å². The summed E-state index contributed by atoms with van der Waals surface area (Å²) in [6.45, 7) is 5.18. The minimum Gasteiger partial charge on any atom is -0.375 e. The van der Waals surface area contributed by atoms with E-state index < -0.39 is 0 Å². The maximum atomic E-state index is 12.3. The van der Waals surface area contributed by atoms with Crippen LogP contribution in [0.5, 0.6) is 0 Å². The summed E-state index contributed by atoms with van der Waals surface area (Å²) in [4.78, 5) is 19.3. The number of likely N-dealkylation sites (tertiary alicyclic amines) is 1. The lowest BCUT2D eigenvalue weighted by molar-refractivity contribution is 0.0794. The van der Waals surface area contributed by atoms with Gasteiger partial charge in [-0.25, -0.2) is 4.98 Å². The van der Waals surface area contributed by atoms with E-state index >= 15 is 0 Å². The number of hydrogen-bond donors (Lipinski definition) is 1. The fourth-order valence-corrected chi connectivity index (χ4v) is 3.07. The molecule has 1 aromatic heterocycles. The number of carbonyl (C=O) groups is 1. The van der Waals surface area contributed by atoms with Crippen molar-refractivity contribution in [1.29, 1.82) is 0 Å². The predicted octanol–water partition coefficient (Wildman–Crippen LogP) is 1.33. The molecule has 0 saturated carbocycles.